The molecule has 2 saturated carbocycles. The number of aromatic nitrogens is 1. The number of carbonyl (C=O) groups excluding carboxylic acids is 2. The fraction of sp³-hybridized carbons (Fsp3) is 0.469. The average molecular weight is 675 g/mol. The first-order chi connectivity index (χ1) is 22.4. The zero-order valence-corrected chi connectivity index (χ0v) is 26.0. The van der Waals surface area contributed by atoms with E-state index in [2.05, 4.69) is 19.9 Å². The lowest BCUT2D eigenvalue weighted by Gasteiger charge is -2.38. The Labute approximate surface area is 268 Å². The van der Waals surface area contributed by atoms with Crippen molar-refractivity contribution in [1.82, 2.24) is 14.8 Å². The van der Waals surface area contributed by atoms with Gasteiger partial charge >= 0.3 is 12.4 Å². The lowest BCUT2D eigenvalue weighted by Crippen LogP contribution is -2.50. The van der Waals surface area contributed by atoms with E-state index in [4.69, 9.17) is 9.26 Å². The van der Waals surface area contributed by atoms with E-state index in [0.717, 1.165) is 25.7 Å². The third-order valence-corrected chi connectivity index (χ3v) is 10.9. The van der Waals surface area contributed by atoms with Crippen molar-refractivity contribution in [3.8, 4) is 17.0 Å². The van der Waals surface area contributed by atoms with Gasteiger partial charge in [-0.05, 0) is 87.8 Å². The van der Waals surface area contributed by atoms with Gasteiger partial charge in [0, 0.05) is 40.4 Å². The summed E-state index contributed by atoms with van der Waals surface area (Å²) in [5, 5.41) is 6.51. The number of sulfonamides is 1. The molecule has 2 aromatic carbocycles. The Morgan fingerprint density at radius 3 is 2.28 bits per heavy atom. The Bertz CT molecular complexity index is 1760. The van der Waals surface area contributed by atoms with Crippen LogP contribution in [0.25, 0.3) is 11.3 Å². The van der Waals surface area contributed by atoms with Crippen LogP contribution in [0.4, 0.5) is 23.7 Å². The summed E-state index contributed by atoms with van der Waals surface area (Å²) in [4.78, 5) is 27.5. The minimum Gasteiger partial charge on any atom is -0.405 e. The number of fused-ring (bicyclic) bond motifs is 2. The third kappa shape index (κ3) is 6.96. The fourth-order valence-electron chi connectivity index (χ4n) is 6.55. The number of para-hydroxylation sites is 1. The molecular formula is C32H33F3N4O7S. The number of carbonyl (C=O) groups is 2. The monoisotopic (exact) mass is 674 g/mol. The molecule has 1 aromatic heterocycles. The van der Waals surface area contributed by atoms with Crippen molar-refractivity contribution in [2.24, 2.45) is 0 Å². The second-order valence-electron chi connectivity index (χ2n) is 12.6. The summed E-state index contributed by atoms with van der Waals surface area (Å²) < 4.78 is 81.9. The lowest BCUT2D eigenvalue weighted by atomic mass is 9.99. The number of rotatable bonds is 10. The molecule has 4 aliphatic rings. The molecule has 2 atom stereocenters. The Hall–Kier alpha value is -4.11. The number of alkyl halides is 3. The van der Waals surface area contributed by atoms with Crippen molar-refractivity contribution >= 4 is 27.6 Å². The molecule has 2 aliphatic heterocycles. The molecule has 3 aromatic rings. The van der Waals surface area contributed by atoms with Crippen LogP contribution in [0.1, 0.15) is 79.0 Å². The minimum absolute atomic E-state index is 0.0674. The maximum Gasteiger partial charge on any atom is 0.573 e. The van der Waals surface area contributed by atoms with Gasteiger partial charge in [0.25, 0.3) is 5.91 Å². The number of nitrogens with zero attached hydrogens (tertiary/aromatic N) is 2. The molecule has 0 radical (unpaired) electrons. The van der Waals surface area contributed by atoms with Gasteiger partial charge in [-0.3, -0.25) is 4.79 Å². The van der Waals surface area contributed by atoms with E-state index in [9.17, 15) is 31.2 Å². The molecular weight excluding hydrogens is 641 g/mol. The first-order valence-corrected chi connectivity index (χ1v) is 17.2. The Morgan fingerprint density at radius 1 is 0.957 bits per heavy atom. The van der Waals surface area contributed by atoms with E-state index in [1.165, 1.54) is 30.3 Å². The Morgan fingerprint density at radius 2 is 1.64 bits per heavy atom. The molecule has 47 heavy (non-hydrogen) atoms. The van der Waals surface area contributed by atoms with E-state index in [1.807, 2.05) is 4.90 Å². The van der Waals surface area contributed by atoms with Crippen LogP contribution in [-0.2, 0) is 21.4 Å². The molecule has 2 N–H and O–H groups in total. The molecule has 0 spiro atoms. The standard InChI is InChI=1S/C32H33F3N4O7S/c33-32(34,35)45-27-4-2-1-3-25(27)28-26(29(46-37-28)18-5-6-18)17-44-23-15-21-11-12-22(16-23)39(21)31(41)36-20-9-7-19(8-10-20)30(40)38-47(42,43)24-13-14-24/h1-4,7-10,18,21-24H,5-6,11-17H2,(H,36,41)(H,38,40). The normalized spacial score (nSPS) is 22.6. The first kappa shape index (κ1) is 31.5. The summed E-state index contributed by atoms with van der Waals surface area (Å²) in [5.41, 5.74) is 1.68. The maximum absolute atomic E-state index is 13.3. The van der Waals surface area contributed by atoms with E-state index in [1.54, 1.807) is 18.2 Å². The van der Waals surface area contributed by atoms with Gasteiger partial charge < -0.3 is 24.2 Å². The van der Waals surface area contributed by atoms with Gasteiger partial charge in [-0.25, -0.2) is 17.9 Å². The quantitative estimate of drug-likeness (QED) is 0.264. The second kappa shape index (κ2) is 12.2. The summed E-state index contributed by atoms with van der Waals surface area (Å²) in [6.07, 6.45) is 0.632. The zero-order chi connectivity index (χ0) is 32.9. The highest BCUT2D eigenvalue weighted by atomic mass is 32.2. The third-order valence-electron chi connectivity index (χ3n) is 9.12. The number of anilines is 1. The molecule has 7 rings (SSSR count). The SMILES string of the molecule is O=C(NS(=O)(=O)C1CC1)c1ccc(NC(=O)N2C3CCC2CC(OCc2c(-c4ccccc4OC(F)(F)F)noc2C2CC2)C3)cc1. The van der Waals surface area contributed by atoms with Gasteiger partial charge in [0.15, 0.2) is 0 Å². The molecule has 3 heterocycles. The highest BCUT2D eigenvalue weighted by Gasteiger charge is 2.44. The molecule has 2 saturated heterocycles. The molecule has 4 fully saturated rings. The summed E-state index contributed by atoms with van der Waals surface area (Å²) in [7, 11) is -3.67. The summed E-state index contributed by atoms with van der Waals surface area (Å²) >= 11 is 0. The molecule has 250 valence electrons. The number of hydrogen-bond acceptors (Lipinski definition) is 8. The van der Waals surface area contributed by atoms with Crippen molar-refractivity contribution in [2.75, 3.05) is 5.32 Å². The van der Waals surface area contributed by atoms with Crippen LogP contribution in [-0.4, -0.2) is 60.2 Å². The smallest absolute Gasteiger partial charge is 0.405 e. The van der Waals surface area contributed by atoms with E-state index < -0.39 is 27.5 Å². The molecule has 2 aliphatic carbocycles. The topological polar surface area (TPSA) is 140 Å². The maximum atomic E-state index is 13.3. The largest absolute Gasteiger partial charge is 0.573 e. The predicted molar refractivity (Wildman–Crippen MR) is 162 cm³/mol. The highest BCUT2D eigenvalue weighted by molar-refractivity contribution is 7.91. The van der Waals surface area contributed by atoms with Crippen LogP contribution in [0, 0.1) is 0 Å². The summed E-state index contributed by atoms with van der Waals surface area (Å²) in [5.74, 6) is -0.314. The summed E-state index contributed by atoms with van der Waals surface area (Å²) in [6.45, 7) is 0.100. The fourth-order valence-corrected chi connectivity index (χ4v) is 7.85. The van der Waals surface area contributed by atoms with Crippen LogP contribution in [0.15, 0.2) is 53.1 Å². The number of amides is 3. The molecule has 2 bridgehead atoms. The van der Waals surface area contributed by atoms with Crippen molar-refractivity contribution in [2.45, 2.75) is 93.7 Å². The lowest BCUT2D eigenvalue weighted by molar-refractivity contribution is -0.274. The van der Waals surface area contributed by atoms with Gasteiger partial charge in [-0.1, -0.05) is 17.3 Å². The van der Waals surface area contributed by atoms with Gasteiger partial charge in [-0.2, -0.15) is 0 Å². The van der Waals surface area contributed by atoms with Crippen molar-refractivity contribution in [3.05, 3.63) is 65.4 Å². The predicted octanol–water partition coefficient (Wildman–Crippen LogP) is 6.08. The number of hydrogen-bond donors (Lipinski definition) is 2. The number of nitrogens with one attached hydrogen (secondary N) is 2. The Kier molecular flexibility index (Phi) is 8.15. The van der Waals surface area contributed by atoms with Gasteiger partial charge in [-0.15, -0.1) is 13.2 Å². The van der Waals surface area contributed by atoms with Crippen LogP contribution in [0.2, 0.25) is 0 Å². The molecule has 2 unspecified atom stereocenters. The minimum atomic E-state index is -4.87. The number of halogens is 3. The molecule has 15 heteroatoms. The van der Waals surface area contributed by atoms with Crippen molar-refractivity contribution in [1.29, 1.82) is 0 Å². The molecule has 11 nitrogen and oxygen atoms in total. The highest BCUT2D eigenvalue weighted by Crippen LogP contribution is 2.46. The Balaban J connectivity index is 0.983. The number of benzene rings is 2. The first-order valence-electron chi connectivity index (χ1n) is 15.7. The van der Waals surface area contributed by atoms with Crippen LogP contribution in [0.5, 0.6) is 5.75 Å². The van der Waals surface area contributed by atoms with E-state index >= 15 is 0 Å². The van der Waals surface area contributed by atoms with Crippen molar-refractivity contribution < 1.29 is 45.2 Å². The molecule has 3 amide bonds. The van der Waals surface area contributed by atoms with E-state index in [0.29, 0.717) is 42.7 Å². The van der Waals surface area contributed by atoms with Crippen molar-refractivity contribution in [3.63, 3.8) is 0 Å². The number of urea groups is 1. The van der Waals surface area contributed by atoms with Crippen LogP contribution >= 0.6 is 0 Å². The van der Waals surface area contributed by atoms with Crippen LogP contribution < -0.4 is 14.8 Å². The number of ether oxygens (including phenoxy) is 2. The number of piperidine rings is 1. The second-order valence-corrected chi connectivity index (χ2v) is 14.5. The average Bonchev–Trinajstić information content (AvgIpc) is 3.95. The van der Waals surface area contributed by atoms with Crippen LogP contribution in [0.3, 0.4) is 0 Å². The zero-order valence-electron chi connectivity index (χ0n) is 25.2. The van der Waals surface area contributed by atoms with Gasteiger partial charge in [0.1, 0.15) is 17.2 Å². The summed E-state index contributed by atoms with van der Waals surface area (Å²) in [6, 6.07) is 11.5. The van der Waals surface area contributed by atoms with Gasteiger partial charge in [0.05, 0.1) is 18.0 Å². The van der Waals surface area contributed by atoms with Gasteiger partial charge in [0.2, 0.25) is 10.0 Å². The van der Waals surface area contributed by atoms with E-state index in [-0.39, 0.29) is 59.3 Å².